The van der Waals surface area contributed by atoms with E-state index < -0.39 is 0 Å². The molecule has 0 aliphatic heterocycles. The molecule has 0 spiro atoms. The first kappa shape index (κ1) is 13.7. The third kappa shape index (κ3) is 2.30. The van der Waals surface area contributed by atoms with Gasteiger partial charge in [-0.2, -0.15) is 0 Å². The molecule has 21 heavy (non-hydrogen) atoms. The van der Waals surface area contributed by atoms with E-state index in [9.17, 15) is 0 Å². The predicted molar refractivity (Wildman–Crippen MR) is 86.3 cm³/mol. The molecule has 0 radical (unpaired) electrons. The van der Waals surface area contributed by atoms with Crippen LogP contribution in [0.5, 0.6) is 0 Å². The summed E-state index contributed by atoms with van der Waals surface area (Å²) in [5.74, 6) is 1.04. The van der Waals surface area contributed by atoms with Gasteiger partial charge in [-0.1, -0.05) is 53.2 Å². The Labute approximate surface area is 128 Å². The molecule has 3 aromatic rings. The second-order valence-electron chi connectivity index (χ2n) is 5.00. The first-order valence-electron chi connectivity index (χ1n) is 6.66. The van der Waals surface area contributed by atoms with Gasteiger partial charge in [0.25, 0.3) is 0 Å². The smallest absolute Gasteiger partial charge is 0.177 e. The van der Waals surface area contributed by atoms with Crippen LogP contribution >= 0.6 is 11.6 Å². The number of benzene rings is 2. The summed E-state index contributed by atoms with van der Waals surface area (Å²) >= 11 is 6.21. The van der Waals surface area contributed by atoms with Gasteiger partial charge in [-0.15, -0.1) is 0 Å². The topological polar surface area (TPSA) is 52.0 Å². The molecule has 0 aliphatic rings. The van der Waals surface area contributed by atoms with E-state index in [0.29, 0.717) is 16.6 Å². The van der Waals surface area contributed by atoms with Crippen LogP contribution in [0.4, 0.5) is 5.82 Å². The number of halogens is 1. The lowest BCUT2D eigenvalue weighted by molar-refractivity contribution is 0.436. The number of nitrogens with zero attached hydrogens (tertiary/aromatic N) is 1. The molecule has 3 rings (SSSR count). The van der Waals surface area contributed by atoms with Gasteiger partial charge in [0.2, 0.25) is 0 Å². The molecule has 4 heteroatoms. The number of nitrogen functional groups attached to an aromatic ring is 1. The fourth-order valence-corrected chi connectivity index (χ4v) is 2.63. The van der Waals surface area contributed by atoms with Crippen LogP contribution < -0.4 is 5.73 Å². The van der Waals surface area contributed by atoms with Crippen LogP contribution in [0.15, 0.2) is 47.0 Å². The van der Waals surface area contributed by atoms with Gasteiger partial charge in [-0.05, 0) is 36.6 Å². The summed E-state index contributed by atoms with van der Waals surface area (Å²) in [7, 11) is 0. The quantitative estimate of drug-likeness (QED) is 0.735. The summed E-state index contributed by atoms with van der Waals surface area (Å²) < 4.78 is 5.49. The van der Waals surface area contributed by atoms with Crippen LogP contribution in [0.2, 0.25) is 5.02 Å². The van der Waals surface area contributed by atoms with Crippen molar-refractivity contribution in [2.75, 3.05) is 5.73 Å². The predicted octanol–water partition coefficient (Wildman–Crippen LogP) is 4.86. The van der Waals surface area contributed by atoms with Crippen LogP contribution in [-0.2, 0) is 0 Å². The monoisotopic (exact) mass is 298 g/mol. The zero-order valence-corrected chi connectivity index (χ0v) is 12.6. The van der Waals surface area contributed by atoms with Crippen molar-refractivity contribution >= 4 is 17.4 Å². The molecule has 3 nitrogen and oxygen atoms in total. The first-order chi connectivity index (χ1) is 10.1. The minimum atomic E-state index is 0.388. The number of aryl methyl sites for hydroxylation is 1. The zero-order chi connectivity index (χ0) is 15.0. The van der Waals surface area contributed by atoms with Gasteiger partial charge in [0, 0.05) is 10.6 Å². The van der Waals surface area contributed by atoms with Crippen LogP contribution in [0.25, 0.3) is 22.5 Å². The molecule has 0 fully saturated rings. The lowest BCUT2D eigenvalue weighted by Gasteiger charge is -2.08. The van der Waals surface area contributed by atoms with Crippen molar-refractivity contribution < 1.29 is 4.52 Å². The third-order valence-corrected chi connectivity index (χ3v) is 4.05. The highest BCUT2D eigenvalue weighted by atomic mass is 35.5. The average Bonchev–Trinajstić information content (AvgIpc) is 2.84. The van der Waals surface area contributed by atoms with E-state index in [1.807, 2.05) is 56.3 Å². The molecular weight excluding hydrogens is 284 g/mol. The van der Waals surface area contributed by atoms with Gasteiger partial charge < -0.3 is 10.3 Å². The highest BCUT2D eigenvalue weighted by Gasteiger charge is 2.20. The number of nitrogens with two attached hydrogens (primary N) is 1. The highest BCUT2D eigenvalue weighted by molar-refractivity contribution is 6.31. The fourth-order valence-electron chi connectivity index (χ4n) is 2.45. The van der Waals surface area contributed by atoms with E-state index >= 15 is 0 Å². The molecule has 106 valence electrons. The van der Waals surface area contributed by atoms with Gasteiger partial charge in [-0.3, -0.25) is 0 Å². The number of rotatable bonds is 2. The maximum absolute atomic E-state index is 6.21. The Bertz CT molecular complexity index is 808. The van der Waals surface area contributed by atoms with Crippen LogP contribution in [-0.4, -0.2) is 5.16 Å². The van der Waals surface area contributed by atoms with E-state index in [0.717, 1.165) is 27.8 Å². The first-order valence-corrected chi connectivity index (χ1v) is 7.04. The van der Waals surface area contributed by atoms with E-state index in [1.54, 1.807) is 0 Å². The normalized spacial score (nSPS) is 10.8. The van der Waals surface area contributed by atoms with E-state index in [1.165, 1.54) is 0 Å². The van der Waals surface area contributed by atoms with E-state index in [2.05, 4.69) is 5.16 Å². The molecule has 0 saturated heterocycles. The second-order valence-corrected chi connectivity index (χ2v) is 5.41. The van der Waals surface area contributed by atoms with Crippen molar-refractivity contribution in [3.05, 3.63) is 58.6 Å². The molecule has 0 unspecified atom stereocenters. The van der Waals surface area contributed by atoms with Crippen molar-refractivity contribution in [2.45, 2.75) is 13.8 Å². The molecule has 2 aromatic carbocycles. The Morgan fingerprint density at radius 3 is 2.48 bits per heavy atom. The van der Waals surface area contributed by atoms with Gasteiger partial charge >= 0.3 is 0 Å². The van der Waals surface area contributed by atoms with Crippen LogP contribution in [0, 0.1) is 13.8 Å². The summed E-state index contributed by atoms with van der Waals surface area (Å²) in [5.41, 5.74) is 10.8. The number of aromatic nitrogens is 1. The van der Waals surface area contributed by atoms with Crippen LogP contribution in [0.3, 0.4) is 0 Å². The third-order valence-electron chi connectivity index (χ3n) is 3.65. The molecule has 0 bridgehead atoms. The molecule has 0 aliphatic carbocycles. The molecule has 1 aromatic heterocycles. The van der Waals surface area contributed by atoms with E-state index in [-0.39, 0.29) is 0 Å². The molecule has 0 amide bonds. The summed E-state index contributed by atoms with van der Waals surface area (Å²) in [6, 6.07) is 13.7. The summed E-state index contributed by atoms with van der Waals surface area (Å²) in [5, 5.41) is 4.63. The molecular formula is C17H15ClN2O. The van der Waals surface area contributed by atoms with Gasteiger partial charge in [0.1, 0.15) is 0 Å². The SMILES string of the molecule is Cc1ccccc1-c1c(N)noc1-c1cccc(Cl)c1C. The fraction of sp³-hybridized carbons (Fsp3) is 0.118. The Hall–Kier alpha value is -2.26. The lowest BCUT2D eigenvalue weighted by atomic mass is 9.96. The zero-order valence-electron chi connectivity index (χ0n) is 11.9. The standard InChI is InChI=1S/C17H15ClN2O/c1-10-6-3-4-7-12(10)15-16(21-20-17(15)19)13-8-5-9-14(18)11(13)2/h3-9H,1-2H3,(H2,19,20). The van der Waals surface area contributed by atoms with E-state index in [4.69, 9.17) is 21.9 Å². The van der Waals surface area contributed by atoms with Crippen molar-refractivity contribution in [3.8, 4) is 22.5 Å². The maximum Gasteiger partial charge on any atom is 0.177 e. The molecule has 0 saturated carbocycles. The largest absolute Gasteiger partial charge is 0.380 e. The Morgan fingerprint density at radius 1 is 1.00 bits per heavy atom. The number of anilines is 1. The van der Waals surface area contributed by atoms with Gasteiger partial charge in [-0.25, -0.2) is 0 Å². The van der Waals surface area contributed by atoms with Crippen molar-refractivity contribution in [3.63, 3.8) is 0 Å². The molecule has 1 heterocycles. The van der Waals surface area contributed by atoms with Gasteiger partial charge in [0.15, 0.2) is 11.6 Å². The molecule has 0 atom stereocenters. The minimum Gasteiger partial charge on any atom is -0.380 e. The van der Waals surface area contributed by atoms with Crippen molar-refractivity contribution in [1.82, 2.24) is 5.16 Å². The second kappa shape index (κ2) is 5.26. The number of hydrogen-bond acceptors (Lipinski definition) is 3. The Morgan fingerprint density at radius 2 is 1.71 bits per heavy atom. The lowest BCUT2D eigenvalue weighted by Crippen LogP contribution is -1.92. The summed E-state index contributed by atoms with van der Waals surface area (Å²) in [6.45, 7) is 3.99. The van der Waals surface area contributed by atoms with Crippen molar-refractivity contribution in [1.29, 1.82) is 0 Å². The highest BCUT2D eigenvalue weighted by Crippen LogP contribution is 2.40. The minimum absolute atomic E-state index is 0.388. The molecule has 2 N–H and O–H groups in total. The number of hydrogen-bond donors (Lipinski definition) is 1. The van der Waals surface area contributed by atoms with Gasteiger partial charge in [0.05, 0.1) is 5.56 Å². The van der Waals surface area contributed by atoms with Crippen LogP contribution in [0.1, 0.15) is 11.1 Å². The van der Waals surface area contributed by atoms with Crippen molar-refractivity contribution in [2.24, 2.45) is 0 Å². The Balaban J connectivity index is 2.28. The average molecular weight is 299 g/mol. The Kier molecular flexibility index (Phi) is 3.43. The summed E-state index contributed by atoms with van der Waals surface area (Å²) in [4.78, 5) is 0. The maximum atomic E-state index is 6.21. The summed E-state index contributed by atoms with van der Waals surface area (Å²) in [6.07, 6.45) is 0.